The molecule has 0 saturated heterocycles. The predicted molar refractivity (Wildman–Crippen MR) is 40.6 cm³/mol. The van der Waals surface area contributed by atoms with Crippen molar-refractivity contribution in [1.82, 2.24) is 0 Å². The van der Waals surface area contributed by atoms with E-state index < -0.39 is 10.4 Å². The van der Waals surface area contributed by atoms with E-state index in [1.807, 2.05) is 0 Å². The molecule has 0 amide bonds. The molecule has 0 aliphatic heterocycles. The van der Waals surface area contributed by atoms with Crippen LogP contribution in [0, 0.1) is 0 Å². The first-order valence-corrected chi connectivity index (χ1v) is 2.10. The molecule has 0 atom stereocenters. The molecule has 0 unspecified atom stereocenters. The second-order valence-electron chi connectivity index (χ2n) is 0.448. The SMILES string of the molecule is O=S(=O)(O)O.[Co].[NH2-].[NH2-].[NH2-].[NH2-].[NH2-]. The van der Waals surface area contributed by atoms with Gasteiger partial charge in [0.05, 0.1) is 0 Å². The van der Waals surface area contributed by atoms with Gasteiger partial charge in [-0.05, 0) is 0 Å². The van der Waals surface area contributed by atoms with Gasteiger partial charge < -0.3 is 30.8 Å². The van der Waals surface area contributed by atoms with Crippen LogP contribution in [-0.2, 0) is 27.2 Å². The summed E-state index contributed by atoms with van der Waals surface area (Å²) in [6.45, 7) is 0. The molecule has 81 valence electrons. The van der Waals surface area contributed by atoms with Crippen molar-refractivity contribution in [2.24, 2.45) is 0 Å². The van der Waals surface area contributed by atoms with Crippen molar-refractivity contribution in [3.8, 4) is 0 Å². The zero-order chi connectivity index (χ0) is 4.50. The molecule has 0 bridgehead atoms. The monoisotopic (exact) mass is 237 g/mol. The van der Waals surface area contributed by atoms with Crippen LogP contribution in [0.1, 0.15) is 0 Å². The van der Waals surface area contributed by atoms with Gasteiger partial charge in [-0.2, -0.15) is 8.42 Å². The first-order chi connectivity index (χ1) is 2.00. The summed E-state index contributed by atoms with van der Waals surface area (Å²) in [5, 5.41) is 0. The van der Waals surface area contributed by atoms with E-state index in [1.54, 1.807) is 0 Å². The fraction of sp³-hybridized carbons (Fsp3) is 0. The largest absolute Gasteiger partial charge is 0.693 e. The van der Waals surface area contributed by atoms with Crippen LogP contribution < -0.4 is 0 Å². The standard InChI is InChI=1S/Co.5H2N.H2O4S/c;;;;;;1-5(2,3)4/h;5*1H2;(H2,1,2,3,4)/q;5*-1;. The number of nitrogens with two attached hydrogens (primary N) is 5. The van der Waals surface area contributed by atoms with Gasteiger partial charge in [0.2, 0.25) is 0 Å². The van der Waals surface area contributed by atoms with Crippen LogP contribution in [0.25, 0.3) is 30.8 Å². The van der Waals surface area contributed by atoms with Crippen LogP contribution in [0.2, 0.25) is 0 Å². The Morgan fingerprint density at radius 3 is 0.727 bits per heavy atom. The summed E-state index contributed by atoms with van der Waals surface area (Å²) in [7, 11) is -4.67. The Balaban J connectivity index is -0.00000000533. The quantitative estimate of drug-likeness (QED) is 0.602. The third kappa shape index (κ3) is 21800. The molecular formula is H12CoN5O4S-5. The summed E-state index contributed by atoms with van der Waals surface area (Å²) >= 11 is 0. The van der Waals surface area contributed by atoms with Crippen molar-refractivity contribution in [2.45, 2.75) is 0 Å². The maximum atomic E-state index is 8.74. The molecule has 11 heavy (non-hydrogen) atoms. The Kier molecular flexibility index (Phi) is 136. The zero-order valence-electron chi connectivity index (χ0n) is 5.34. The van der Waals surface area contributed by atoms with Gasteiger partial charge in [0.15, 0.2) is 0 Å². The van der Waals surface area contributed by atoms with E-state index >= 15 is 0 Å². The van der Waals surface area contributed by atoms with Crippen molar-refractivity contribution in [2.75, 3.05) is 0 Å². The number of hydrogen-bond acceptors (Lipinski definition) is 2. The molecule has 0 heterocycles. The molecule has 1 radical (unpaired) electrons. The minimum atomic E-state index is -4.67. The molecule has 0 aromatic carbocycles. The fourth-order valence-electron chi connectivity index (χ4n) is 0. The Morgan fingerprint density at radius 2 is 0.727 bits per heavy atom. The van der Waals surface area contributed by atoms with Crippen molar-refractivity contribution in [3.63, 3.8) is 0 Å². The summed E-state index contributed by atoms with van der Waals surface area (Å²) in [4.78, 5) is 0. The van der Waals surface area contributed by atoms with Crippen molar-refractivity contribution in [1.29, 1.82) is 0 Å². The minimum Gasteiger partial charge on any atom is -0.693 e. The maximum Gasteiger partial charge on any atom is 0.394 e. The first-order valence-electron chi connectivity index (χ1n) is 0.698. The third-order valence-electron chi connectivity index (χ3n) is 0. The van der Waals surface area contributed by atoms with E-state index in [4.69, 9.17) is 17.5 Å². The van der Waals surface area contributed by atoms with E-state index in [0.717, 1.165) is 0 Å². The molecule has 0 aliphatic carbocycles. The predicted octanol–water partition coefficient (Wildman–Crippen LogP) is 2.93. The summed E-state index contributed by atoms with van der Waals surface area (Å²) in [6.07, 6.45) is 0. The van der Waals surface area contributed by atoms with E-state index in [1.165, 1.54) is 0 Å². The van der Waals surface area contributed by atoms with Crippen LogP contribution in [0.3, 0.4) is 0 Å². The molecule has 0 spiro atoms. The molecule has 0 saturated carbocycles. The van der Waals surface area contributed by atoms with Gasteiger partial charge in [0.25, 0.3) is 0 Å². The summed E-state index contributed by atoms with van der Waals surface area (Å²) in [5.74, 6) is 0. The van der Waals surface area contributed by atoms with Crippen molar-refractivity contribution < 1.29 is 34.3 Å². The molecule has 0 aromatic rings. The smallest absolute Gasteiger partial charge is 0.394 e. The number of hydrogen-bond donors (Lipinski definition) is 2. The normalized spacial score (nSPS) is 5.27. The van der Waals surface area contributed by atoms with Crippen molar-refractivity contribution in [3.05, 3.63) is 30.8 Å². The Morgan fingerprint density at radius 1 is 0.727 bits per heavy atom. The molecule has 12 N–H and O–H groups in total. The van der Waals surface area contributed by atoms with Gasteiger partial charge in [-0.15, -0.1) is 0 Å². The number of rotatable bonds is 0. The minimum absolute atomic E-state index is 0. The van der Waals surface area contributed by atoms with Crippen LogP contribution in [0.5, 0.6) is 0 Å². The van der Waals surface area contributed by atoms with Crippen LogP contribution >= 0.6 is 0 Å². The topological polar surface area (TPSA) is 242 Å². The molecule has 9 nitrogen and oxygen atoms in total. The third-order valence-corrected chi connectivity index (χ3v) is 0. The van der Waals surface area contributed by atoms with E-state index in [-0.39, 0.29) is 47.5 Å². The average Bonchev–Trinajstić information content (AvgIpc) is 0.722. The molecule has 11 heteroatoms. The van der Waals surface area contributed by atoms with E-state index in [9.17, 15) is 0 Å². The van der Waals surface area contributed by atoms with Gasteiger partial charge in [-0.3, -0.25) is 9.11 Å². The van der Waals surface area contributed by atoms with Gasteiger partial charge >= 0.3 is 10.4 Å². The summed E-state index contributed by atoms with van der Waals surface area (Å²) < 4.78 is 31.6. The molecule has 0 aromatic heterocycles. The van der Waals surface area contributed by atoms with Crippen LogP contribution in [0.4, 0.5) is 0 Å². The van der Waals surface area contributed by atoms with Crippen LogP contribution in [0.15, 0.2) is 0 Å². The Hall–Kier alpha value is 0.176. The zero-order valence-corrected chi connectivity index (χ0v) is 7.20. The van der Waals surface area contributed by atoms with Gasteiger partial charge in [0.1, 0.15) is 0 Å². The molecular weight excluding hydrogens is 225 g/mol. The van der Waals surface area contributed by atoms with Gasteiger partial charge in [-0.25, -0.2) is 0 Å². The second kappa shape index (κ2) is 22.5. The summed E-state index contributed by atoms with van der Waals surface area (Å²) in [5.41, 5.74) is 0. The molecule has 0 rings (SSSR count). The fourth-order valence-corrected chi connectivity index (χ4v) is 0. The maximum absolute atomic E-state index is 8.74. The van der Waals surface area contributed by atoms with Crippen molar-refractivity contribution >= 4 is 10.4 Å². The summed E-state index contributed by atoms with van der Waals surface area (Å²) in [6, 6.07) is 0. The average molecular weight is 237 g/mol. The van der Waals surface area contributed by atoms with Gasteiger partial charge in [0, 0.05) is 16.8 Å². The molecule has 0 aliphatic rings. The molecule has 0 fully saturated rings. The first kappa shape index (κ1) is 66.4. The van der Waals surface area contributed by atoms with E-state index in [2.05, 4.69) is 0 Å². The Labute approximate surface area is 76.0 Å². The van der Waals surface area contributed by atoms with E-state index in [0.29, 0.717) is 0 Å². The second-order valence-corrected chi connectivity index (χ2v) is 1.34. The van der Waals surface area contributed by atoms with Gasteiger partial charge in [-0.1, -0.05) is 0 Å². The Bertz CT molecular complexity index is 102. The van der Waals surface area contributed by atoms with Crippen LogP contribution in [-0.4, -0.2) is 17.5 Å².